The van der Waals surface area contributed by atoms with Gasteiger partial charge in [0.2, 0.25) is 0 Å². The lowest BCUT2D eigenvalue weighted by Gasteiger charge is -2.06. The molecule has 0 amide bonds. The van der Waals surface area contributed by atoms with Crippen LogP contribution in [0.15, 0.2) is 33.6 Å². The Balaban J connectivity index is 2.13. The summed E-state index contributed by atoms with van der Waals surface area (Å²) in [4.78, 5) is 15.0. The Kier molecular flexibility index (Phi) is 3.75. The van der Waals surface area contributed by atoms with Crippen LogP contribution < -0.4 is 5.32 Å². The molecule has 88 valence electrons. The molecule has 1 aromatic heterocycles. The van der Waals surface area contributed by atoms with Gasteiger partial charge in [0.05, 0.1) is 23.3 Å². The molecule has 0 bridgehead atoms. The Labute approximate surface area is 110 Å². The van der Waals surface area contributed by atoms with Crippen LogP contribution in [0.5, 0.6) is 0 Å². The van der Waals surface area contributed by atoms with Crippen LogP contribution in [-0.4, -0.2) is 16.1 Å². The third kappa shape index (κ3) is 3.28. The normalized spacial score (nSPS) is 10.2. The molecule has 0 aliphatic heterocycles. The number of nitrogens with zero attached hydrogens (tertiary/aromatic N) is 1. The molecule has 0 aliphatic carbocycles. The van der Waals surface area contributed by atoms with Crippen LogP contribution in [0.4, 0.5) is 5.69 Å². The van der Waals surface area contributed by atoms with E-state index in [1.165, 1.54) is 11.3 Å². The summed E-state index contributed by atoms with van der Waals surface area (Å²) in [5.41, 5.74) is 3.71. The van der Waals surface area contributed by atoms with Gasteiger partial charge in [0.1, 0.15) is 0 Å². The van der Waals surface area contributed by atoms with Crippen LogP contribution in [0.25, 0.3) is 0 Å². The van der Waals surface area contributed by atoms with E-state index >= 15 is 0 Å². The van der Waals surface area contributed by atoms with Crippen molar-refractivity contribution in [3.05, 3.63) is 44.8 Å². The quantitative estimate of drug-likeness (QED) is 0.910. The number of thiazole rings is 1. The Morgan fingerprint density at radius 1 is 1.47 bits per heavy atom. The van der Waals surface area contributed by atoms with E-state index in [0.717, 1.165) is 15.9 Å². The number of hydrogen-bond acceptors (Lipinski definition) is 4. The largest absolute Gasteiger partial charge is 0.478 e. The number of halogens is 1. The van der Waals surface area contributed by atoms with Crippen molar-refractivity contribution < 1.29 is 9.90 Å². The van der Waals surface area contributed by atoms with Gasteiger partial charge in [0.25, 0.3) is 0 Å². The predicted octanol–water partition coefficient (Wildman–Crippen LogP) is 3.22. The smallest absolute Gasteiger partial charge is 0.335 e. The van der Waals surface area contributed by atoms with Crippen molar-refractivity contribution in [1.29, 1.82) is 0 Å². The Morgan fingerprint density at radius 3 is 2.94 bits per heavy atom. The number of carbonyl (C=O) groups is 1. The number of nitrogens with one attached hydrogen (secondary N) is 1. The lowest BCUT2D eigenvalue weighted by molar-refractivity contribution is 0.0697. The molecule has 4 nitrogen and oxygen atoms in total. The zero-order valence-corrected chi connectivity index (χ0v) is 11.1. The van der Waals surface area contributed by atoms with E-state index < -0.39 is 5.97 Å². The standard InChI is InChI=1S/C11H9BrN2O2S/c12-8-1-7(11(15)16)2-9(3-8)13-4-10-5-17-6-14-10/h1-3,5-6,13H,4H2,(H,15,16). The molecular formula is C11H9BrN2O2S. The SMILES string of the molecule is O=C(O)c1cc(Br)cc(NCc2cscn2)c1. The van der Waals surface area contributed by atoms with Crippen molar-refractivity contribution in [1.82, 2.24) is 4.98 Å². The Bertz CT molecular complexity index is 528. The van der Waals surface area contributed by atoms with Gasteiger partial charge in [-0.2, -0.15) is 0 Å². The van der Waals surface area contributed by atoms with E-state index in [9.17, 15) is 4.79 Å². The minimum atomic E-state index is -0.942. The number of hydrogen-bond donors (Lipinski definition) is 2. The number of rotatable bonds is 4. The predicted molar refractivity (Wildman–Crippen MR) is 70.5 cm³/mol. The average molecular weight is 313 g/mol. The topological polar surface area (TPSA) is 62.2 Å². The highest BCUT2D eigenvalue weighted by Gasteiger charge is 2.06. The summed E-state index contributed by atoms with van der Waals surface area (Å²) < 4.78 is 0.734. The number of aromatic carboxylic acids is 1. The first-order valence-corrected chi connectivity index (χ1v) is 6.53. The molecule has 0 aliphatic rings. The van der Waals surface area contributed by atoms with Gasteiger partial charge >= 0.3 is 5.97 Å². The first kappa shape index (κ1) is 12.1. The Hall–Kier alpha value is -1.40. The molecular weight excluding hydrogens is 304 g/mol. The van der Waals surface area contributed by atoms with Gasteiger partial charge in [0, 0.05) is 15.5 Å². The molecule has 0 fully saturated rings. The van der Waals surface area contributed by atoms with Gasteiger partial charge < -0.3 is 10.4 Å². The first-order valence-electron chi connectivity index (χ1n) is 4.80. The second-order valence-electron chi connectivity index (χ2n) is 3.37. The van der Waals surface area contributed by atoms with Crippen LogP contribution in [-0.2, 0) is 6.54 Å². The van der Waals surface area contributed by atoms with Crippen LogP contribution >= 0.6 is 27.3 Å². The second kappa shape index (κ2) is 5.29. The van der Waals surface area contributed by atoms with E-state index in [1.54, 1.807) is 17.6 Å². The summed E-state index contributed by atoms with van der Waals surface area (Å²) >= 11 is 4.81. The van der Waals surface area contributed by atoms with E-state index in [1.807, 2.05) is 11.4 Å². The number of aromatic nitrogens is 1. The van der Waals surface area contributed by atoms with Crippen molar-refractivity contribution in [3.8, 4) is 0 Å². The van der Waals surface area contributed by atoms with Crippen LogP contribution in [0.2, 0.25) is 0 Å². The first-order chi connectivity index (χ1) is 8.15. The fraction of sp³-hybridized carbons (Fsp3) is 0.0909. The molecule has 0 saturated heterocycles. The molecule has 0 spiro atoms. The molecule has 1 aromatic carbocycles. The fourth-order valence-electron chi connectivity index (χ4n) is 1.33. The molecule has 0 radical (unpaired) electrons. The summed E-state index contributed by atoms with van der Waals surface area (Å²) in [6, 6.07) is 4.99. The molecule has 2 N–H and O–H groups in total. The lowest BCUT2D eigenvalue weighted by Crippen LogP contribution is -2.02. The summed E-state index contributed by atoms with van der Waals surface area (Å²) in [5, 5.41) is 14.0. The van der Waals surface area contributed by atoms with Gasteiger partial charge in [-0.05, 0) is 18.2 Å². The molecule has 17 heavy (non-hydrogen) atoms. The van der Waals surface area contributed by atoms with Crippen LogP contribution in [0.3, 0.4) is 0 Å². The molecule has 0 saturated carbocycles. The third-order valence-electron chi connectivity index (χ3n) is 2.10. The van der Waals surface area contributed by atoms with E-state index in [0.29, 0.717) is 6.54 Å². The maximum Gasteiger partial charge on any atom is 0.335 e. The minimum absolute atomic E-state index is 0.250. The summed E-state index contributed by atoms with van der Waals surface area (Å²) in [6.07, 6.45) is 0. The highest BCUT2D eigenvalue weighted by atomic mass is 79.9. The van der Waals surface area contributed by atoms with Crippen molar-refractivity contribution in [2.45, 2.75) is 6.54 Å². The van der Waals surface area contributed by atoms with E-state index in [2.05, 4.69) is 26.2 Å². The van der Waals surface area contributed by atoms with Crippen molar-refractivity contribution in [3.63, 3.8) is 0 Å². The fourth-order valence-corrected chi connectivity index (χ4v) is 2.38. The molecule has 1 heterocycles. The minimum Gasteiger partial charge on any atom is -0.478 e. The summed E-state index contributed by atoms with van der Waals surface area (Å²) in [5.74, 6) is -0.942. The van der Waals surface area contributed by atoms with Crippen molar-refractivity contribution >= 4 is 38.9 Å². The zero-order valence-electron chi connectivity index (χ0n) is 8.68. The van der Waals surface area contributed by atoms with E-state index in [-0.39, 0.29) is 5.56 Å². The van der Waals surface area contributed by atoms with Gasteiger partial charge in [-0.3, -0.25) is 0 Å². The van der Waals surface area contributed by atoms with Gasteiger partial charge in [-0.1, -0.05) is 15.9 Å². The molecule has 6 heteroatoms. The third-order valence-corrected chi connectivity index (χ3v) is 3.19. The van der Waals surface area contributed by atoms with Crippen molar-refractivity contribution in [2.24, 2.45) is 0 Å². The van der Waals surface area contributed by atoms with Crippen LogP contribution in [0, 0.1) is 0 Å². The molecule has 0 atom stereocenters. The van der Waals surface area contributed by atoms with Gasteiger partial charge in [-0.25, -0.2) is 9.78 Å². The molecule has 2 aromatic rings. The maximum atomic E-state index is 10.9. The van der Waals surface area contributed by atoms with Crippen LogP contribution in [0.1, 0.15) is 16.1 Å². The highest BCUT2D eigenvalue weighted by Crippen LogP contribution is 2.20. The van der Waals surface area contributed by atoms with Gasteiger partial charge in [-0.15, -0.1) is 11.3 Å². The van der Waals surface area contributed by atoms with E-state index in [4.69, 9.17) is 5.11 Å². The number of carboxylic acids is 1. The second-order valence-corrected chi connectivity index (χ2v) is 5.00. The number of anilines is 1. The van der Waals surface area contributed by atoms with Gasteiger partial charge in [0.15, 0.2) is 0 Å². The zero-order chi connectivity index (χ0) is 12.3. The van der Waals surface area contributed by atoms with Crippen molar-refractivity contribution in [2.75, 3.05) is 5.32 Å². The summed E-state index contributed by atoms with van der Waals surface area (Å²) in [7, 11) is 0. The highest BCUT2D eigenvalue weighted by molar-refractivity contribution is 9.10. The number of carboxylic acid groups (broad SMARTS) is 1. The lowest BCUT2D eigenvalue weighted by atomic mass is 10.2. The average Bonchev–Trinajstić information content (AvgIpc) is 2.78. The number of benzene rings is 1. The molecule has 2 rings (SSSR count). The maximum absolute atomic E-state index is 10.9. The summed E-state index contributed by atoms with van der Waals surface area (Å²) in [6.45, 7) is 0.582. The Morgan fingerprint density at radius 2 is 2.29 bits per heavy atom. The monoisotopic (exact) mass is 312 g/mol. The molecule has 0 unspecified atom stereocenters.